The summed E-state index contributed by atoms with van der Waals surface area (Å²) >= 11 is 5.98. The van der Waals surface area contributed by atoms with Gasteiger partial charge >= 0.3 is 0 Å². The Bertz CT molecular complexity index is 1360. The Balaban J connectivity index is 1.69. The standard InChI is InChI=1S/C25H18ClN5O4/c26-18-7-6-17(10-19(18)31(32)33)21-23(12-27,13-28)24(14-29)20-11-16(15-4-2-1-3-5-15)8-9-25(20,34-21)35-22(24)30/h1-7,10,16,20-21,30H,8-9,11H2. The summed E-state index contributed by atoms with van der Waals surface area (Å²) in [4.78, 5) is 10.8. The van der Waals surface area contributed by atoms with Crippen molar-refractivity contribution in [1.29, 1.82) is 21.2 Å². The molecule has 3 fully saturated rings. The highest BCUT2D eigenvalue weighted by Gasteiger charge is 2.81. The van der Waals surface area contributed by atoms with Crippen LogP contribution in [0.25, 0.3) is 0 Å². The van der Waals surface area contributed by atoms with Crippen molar-refractivity contribution in [2.45, 2.75) is 37.1 Å². The molecule has 35 heavy (non-hydrogen) atoms. The molecule has 5 unspecified atom stereocenters. The SMILES string of the molecule is N#CC1(C#N)C(c2ccc(Cl)c([N+](=O)[O-])c2)OC23CCC(c4ccccc4)CC2C1(C#N)C(=N)O3. The first-order valence-electron chi connectivity index (χ1n) is 11.0. The van der Waals surface area contributed by atoms with Crippen LogP contribution in [0.15, 0.2) is 48.5 Å². The minimum Gasteiger partial charge on any atom is -0.447 e. The zero-order chi connectivity index (χ0) is 25.0. The fourth-order valence-electron chi connectivity index (χ4n) is 6.00. The lowest BCUT2D eigenvalue weighted by Gasteiger charge is -2.52. The van der Waals surface area contributed by atoms with Gasteiger partial charge in [0.05, 0.1) is 29.0 Å². The number of nitriles is 3. The molecule has 5 rings (SSSR count). The van der Waals surface area contributed by atoms with Crippen LogP contribution in [0.3, 0.4) is 0 Å². The normalized spacial score (nSPS) is 32.3. The molecule has 10 heteroatoms. The van der Waals surface area contributed by atoms with Crippen molar-refractivity contribution in [2.24, 2.45) is 16.7 Å². The van der Waals surface area contributed by atoms with Crippen molar-refractivity contribution in [3.63, 3.8) is 0 Å². The summed E-state index contributed by atoms with van der Waals surface area (Å²) in [5, 5.41) is 51.4. The predicted molar refractivity (Wildman–Crippen MR) is 122 cm³/mol. The quantitative estimate of drug-likeness (QED) is 0.463. The monoisotopic (exact) mass is 487 g/mol. The molecule has 1 aliphatic carbocycles. The van der Waals surface area contributed by atoms with Crippen molar-refractivity contribution in [2.75, 3.05) is 0 Å². The summed E-state index contributed by atoms with van der Waals surface area (Å²) < 4.78 is 12.3. The van der Waals surface area contributed by atoms with E-state index in [0.717, 1.165) is 11.6 Å². The predicted octanol–water partition coefficient (Wildman–Crippen LogP) is 5.15. The maximum absolute atomic E-state index is 11.5. The second kappa shape index (κ2) is 7.78. The summed E-state index contributed by atoms with van der Waals surface area (Å²) in [6.45, 7) is 0. The molecule has 1 saturated carbocycles. The molecule has 3 aliphatic rings. The number of halogens is 1. The Labute approximate surface area is 205 Å². The second-order valence-corrected chi connectivity index (χ2v) is 9.50. The molecule has 2 aromatic carbocycles. The van der Waals surface area contributed by atoms with Crippen molar-refractivity contribution in [1.82, 2.24) is 0 Å². The number of hydrogen-bond donors (Lipinski definition) is 1. The van der Waals surface area contributed by atoms with Gasteiger partial charge in [-0.3, -0.25) is 15.5 Å². The Morgan fingerprint density at radius 3 is 2.43 bits per heavy atom. The van der Waals surface area contributed by atoms with Crippen LogP contribution < -0.4 is 0 Å². The van der Waals surface area contributed by atoms with Crippen LogP contribution in [0, 0.1) is 66.3 Å². The number of hydrogen-bond acceptors (Lipinski definition) is 8. The second-order valence-electron chi connectivity index (χ2n) is 9.09. The highest BCUT2D eigenvalue weighted by molar-refractivity contribution is 6.32. The molecule has 9 nitrogen and oxygen atoms in total. The van der Waals surface area contributed by atoms with Crippen LogP contribution in [0.4, 0.5) is 5.69 Å². The number of nitrogens with one attached hydrogen (secondary N) is 1. The molecular weight excluding hydrogens is 470 g/mol. The zero-order valence-corrected chi connectivity index (χ0v) is 19.0. The number of nitrogens with zero attached hydrogens (tertiary/aromatic N) is 4. The summed E-state index contributed by atoms with van der Waals surface area (Å²) in [7, 11) is 0. The number of nitro groups is 1. The van der Waals surface area contributed by atoms with Crippen molar-refractivity contribution in [3.8, 4) is 18.2 Å². The van der Waals surface area contributed by atoms with Gasteiger partial charge in [0.15, 0.2) is 5.41 Å². The Kier molecular flexibility index (Phi) is 5.07. The molecular formula is C25H18ClN5O4. The van der Waals surface area contributed by atoms with Crippen molar-refractivity contribution < 1.29 is 14.4 Å². The Hall–Kier alpha value is -3.97. The average Bonchev–Trinajstić information content (AvgIpc) is 3.08. The lowest BCUT2D eigenvalue weighted by molar-refractivity contribution is -0.384. The van der Waals surface area contributed by atoms with E-state index in [0.29, 0.717) is 19.3 Å². The maximum atomic E-state index is 11.5. The highest BCUT2D eigenvalue weighted by atomic mass is 35.5. The summed E-state index contributed by atoms with van der Waals surface area (Å²) in [6.07, 6.45) is -0.0456. The van der Waals surface area contributed by atoms with E-state index in [-0.39, 0.29) is 16.5 Å². The number of benzene rings is 2. The molecule has 0 spiro atoms. The van der Waals surface area contributed by atoms with Crippen molar-refractivity contribution in [3.05, 3.63) is 74.8 Å². The van der Waals surface area contributed by atoms with Gasteiger partial charge in [-0.15, -0.1) is 0 Å². The molecule has 174 valence electrons. The van der Waals surface area contributed by atoms with Crippen LogP contribution in [-0.4, -0.2) is 16.6 Å². The van der Waals surface area contributed by atoms with Crippen LogP contribution >= 0.6 is 11.6 Å². The third-order valence-corrected chi connectivity index (χ3v) is 7.97. The van der Waals surface area contributed by atoms with Gasteiger partial charge in [-0.1, -0.05) is 48.0 Å². The molecule has 0 aromatic heterocycles. The van der Waals surface area contributed by atoms with Gasteiger partial charge in [0.2, 0.25) is 17.1 Å². The smallest absolute Gasteiger partial charge is 0.288 e. The topological polar surface area (TPSA) is 157 Å². The molecule has 2 saturated heterocycles. The highest BCUT2D eigenvalue weighted by Crippen LogP contribution is 2.70. The molecule has 2 heterocycles. The number of ether oxygens (including phenoxy) is 2. The molecule has 1 N–H and O–H groups in total. The van der Waals surface area contributed by atoms with E-state index >= 15 is 0 Å². The first-order valence-corrected chi connectivity index (χ1v) is 11.3. The average molecular weight is 488 g/mol. The third kappa shape index (κ3) is 2.85. The minimum absolute atomic E-state index is 0.0170. The van der Waals surface area contributed by atoms with Gasteiger partial charge in [0.25, 0.3) is 5.69 Å². The number of rotatable bonds is 3. The van der Waals surface area contributed by atoms with Crippen LogP contribution in [0.5, 0.6) is 0 Å². The minimum atomic E-state index is -2.19. The molecule has 2 bridgehead atoms. The first-order chi connectivity index (χ1) is 16.8. The molecule has 2 aromatic rings. The van der Waals surface area contributed by atoms with E-state index in [1.54, 1.807) is 0 Å². The Morgan fingerprint density at radius 2 is 1.80 bits per heavy atom. The van der Waals surface area contributed by atoms with Crippen LogP contribution in [0.1, 0.15) is 42.4 Å². The van der Waals surface area contributed by atoms with E-state index < -0.39 is 45.1 Å². The lowest BCUT2D eigenvalue weighted by Crippen LogP contribution is -2.60. The van der Waals surface area contributed by atoms with E-state index in [9.17, 15) is 25.9 Å². The number of nitro benzene ring substituents is 1. The third-order valence-electron chi connectivity index (χ3n) is 7.65. The fraction of sp³-hybridized carbons (Fsp3) is 0.360. The molecule has 2 aliphatic heterocycles. The van der Waals surface area contributed by atoms with Crippen LogP contribution in [0.2, 0.25) is 5.02 Å². The lowest BCUT2D eigenvalue weighted by atomic mass is 9.50. The molecule has 5 atom stereocenters. The van der Waals surface area contributed by atoms with Gasteiger partial charge in [0, 0.05) is 12.5 Å². The molecule has 0 radical (unpaired) electrons. The largest absolute Gasteiger partial charge is 0.447 e. The van der Waals surface area contributed by atoms with Gasteiger partial charge < -0.3 is 9.47 Å². The summed E-state index contributed by atoms with van der Waals surface area (Å²) in [5.41, 5.74) is -3.34. The zero-order valence-electron chi connectivity index (χ0n) is 18.3. The summed E-state index contributed by atoms with van der Waals surface area (Å²) in [6, 6.07) is 19.7. The van der Waals surface area contributed by atoms with Gasteiger partial charge in [0.1, 0.15) is 11.1 Å². The first kappa shape index (κ1) is 22.8. The van der Waals surface area contributed by atoms with Gasteiger partial charge in [-0.05, 0) is 36.0 Å². The summed E-state index contributed by atoms with van der Waals surface area (Å²) in [5.74, 6) is -2.63. The van der Waals surface area contributed by atoms with E-state index in [4.69, 9.17) is 26.5 Å². The van der Waals surface area contributed by atoms with Gasteiger partial charge in [-0.25, -0.2) is 0 Å². The van der Waals surface area contributed by atoms with Gasteiger partial charge in [-0.2, -0.15) is 15.8 Å². The van der Waals surface area contributed by atoms with E-state index in [1.807, 2.05) is 42.5 Å². The fourth-order valence-corrected chi connectivity index (χ4v) is 6.19. The van der Waals surface area contributed by atoms with Crippen molar-refractivity contribution >= 4 is 23.2 Å². The molecule has 0 amide bonds. The van der Waals surface area contributed by atoms with Crippen LogP contribution in [-0.2, 0) is 9.47 Å². The Morgan fingerprint density at radius 1 is 1.09 bits per heavy atom. The van der Waals surface area contributed by atoms with E-state index in [1.165, 1.54) is 12.1 Å². The maximum Gasteiger partial charge on any atom is 0.288 e. The van der Waals surface area contributed by atoms with E-state index in [2.05, 4.69) is 6.07 Å².